The van der Waals surface area contributed by atoms with Gasteiger partial charge in [-0.15, -0.1) is 0 Å². The second-order valence-corrected chi connectivity index (χ2v) is 7.58. The summed E-state index contributed by atoms with van der Waals surface area (Å²) < 4.78 is 11.5. The van der Waals surface area contributed by atoms with E-state index in [1.165, 1.54) is 0 Å². The molecule has 0 bridgehead atoms. The van der Waals surface area contributed by atoms with Gasteiger partial charge in [0, 0.05) is 28.4 Å². The number of nitrogens with one attached hydrogen (secondary N) is 1. The maximum atomic E-state index is 12.9. The van der Waals surface area contributed by atoms with Crippen LogP contribution < -0.4 is 5.32 Å². The molecule has 0 heterocycles. The van der Waals surface area contributed by atoms with E-state index in [2.05, 4.69) is 5.32 Å². The van der Waals surface area contributed by atoms with Crippen molar-refractivity contribution >= 4 is 16.7 Å². The molecule has 3 aromatic rings. The van der Waals surface area contributed by atoms with Crippen LogP contribution in [0, 0.1) is 0 Å². The van der Waals surface area contributed by atoms with Gasteiger partial charge >= 0.3 is 0 Å². The molecule has 26 heavy (non-hydrogen) atoms. The van der Waals surface area contributed by atoms with Gasteiger partial charge in [0.15, 0.2) is 0 Å². The number of benzene rings is 3. The summed E-state index contributed by atoms with van der Waals surface area (Å²) >= 11 is 0. The van der Waals surface area contributed by atoms with Gasteiger partial charge in [0.1, 0.15) is 0 Å². The Morgan fingerprint density at radius 1 is 0.885 bits per heavy atom. The van der Waals surface area contributed by atoms with Crippen LogP contribution in [0.25, 0.3) is 0 Å². The summed E-state index contributed by atoms with van der Waals surface area (Å²) in [5.74, 6) is 0.300. The van der Waals surface area contributed by atoms with E-state index in [-0.39, 0.29) is 11.9 Å². The molecule has 4 heteroatoms. The average Bonchev–Trinajstić information content (AvgIpc) is 2.67. The third-order valence-corrected chi connectivity index (χ3v) is 4.84. The van der Waals surface area contributed by atoms with E-state index < -0.39 is 10.8 Å². The Labute approximate surface area is 156 Å². The van der Waals surface area contributed by atoms with Gasteiger partial charge in [0.25, 0.3) is 5.91 Å². The molecule has 0 saturated heterocycles. The molecule has 3 aromatic carbocycles. The zero-order valence-electron chi connectivity index (χ0n) is 14.6. The average molecular weight is 363 g/mol. The monoisotopic (exact) mass is 363 g/mol. The predicted molar refractivity (Wildman–Crippen MR) is 106 cm³/mol. The van der Waals surface area contributed by atoms with Gasteiger partial charge in [0.05, 0.1) is 6.04 Å². The van der Waals surface area contributed by atoms with E-state index in [1.54, 1.807) is 12.3 Å². The zero-order valence-corrected chi connectivity index (χ0v) is 15.4. The molecule has 132 valence electrons. The van der Waals surface area contributed by atoms with E-state index in [4.69, 9.17) is 0 Å². The first kappa shape index (κ1) is 18.1. The van der Waals surface area contributed by atoms with Crippen LogP contribution in [0.4, 0.5) is 0 Å². The first-order valence-electron chi connectivity index (χ1n) is 8.43. The van der Waals surface area contributed by atoms with Crippen LogP contribution in [0.15, 0.2) is 84.9 Å². The lowest BCUT2D eigenvalue weighted by molar-refractivity contribution is 0.0943. The topological polar surface area (TPSA) is 46.2 Å². The summed E-state index contributed by atoms with van der Waals surface area (Å²) in [7, 11) is -0.940. The van der Waals surface area contributed by atoms with E-state index in [0.29, 0.717) is 11.3 Å². The number of hydrogen-bond donors (Lipinski definition) is 1. The standard InChI is InChI=1S/C22H21NO2S/c1-26(25)16-17-9-8-14-20(15-17)22(24)23-21(18-10-4-2-5-11-18)19-12-6-3-7-13-19/h2-15,21H,16H2,1H3,(H,23,24). The molecule has 0 fully saturated rings. The highest BCUT2D eigenvalue weighted by Gasteiger charge is 2.17. The van der Waals surface area contributed by atoms with Crippen LogP contribution in [0.3, 0.4) is 0 Å². The maximum Gasteiger partial charge on any atom is 0.252 e. The minimum atomic E-state index is -0.940. The molecule has 0 saturated carbocycles. The first-order valence-corrected chi connectivity index (χ1v) is 10.2. The second kappa shape index (κ2) is 8.59. The zero-order chi connectivity index (χ0) is 18.4. The summed E-state index contributed by atoms with van der Waals surface area (Å²) in [5.41, 5.74) is 3.52. The Kier molecular flexibility index (Phi) is 5.97. The Morgan fingerprint density at radius 3 is 2.00 bits per heavy atom. The first-order chi connectivity index (χ1) is 12.6. The Morgan fingerprint density at radius 2 is 1.46 bits per heavy atom. The van der Waals surface area contributed by atoms with Crippen molar-refractivity contribution in [1.29, 1.82) is 0 Å². The van der Waals surface area contributed by atoms with E-state index in [0.717, 1.165) is 16.7 Å². The number of amides is 1. The summed E-state index contributed by atoms with van der Waals surface area (Å²) in [6.07, 6.45) is 1.66. The molecule has 1 unspecified atom stereocenters. The van der Waals surface area contributed by atoms with Gasteiger partial charge in [0.2, 0.25) is 0 Å². The van der Waals surface area contributed by atoms with Crippen LogP contribution in [0.5, 0.6) is 0 Å². The van der Waals surface area contributed by atoms with Crippen LogP contribution >= 0.6 is 0 Å². The van der Waals surface area contributed by atoms with Gasteiger partial charge in [-0.25, -0.2) is 0 Å². The lowest BCUT2D eigenvalue weighted by atomic mass is 9.98. The largest absolute Gasteiger partial charge is 0.341 e. The van der Waals surface area contributed by atoms with Crippen LogP contribution in [0.1, 0.15) is 33.1 Å². The fourth-order valence-electron chi connectivity index (χ4n) is 2.90. The molecule has 3 nitrogen and oxygen atoms in total. The summed E-state index contributed by atoms with van der Waals surface area (Å²) in [4.78, 5) is 12.9. The molecular formula is C22H21NO2S. The van der Waals surface area contributed by atoms with Gasteiger partial charge in [-0.05, 0) is 28.8 Å². The fraction of sp³-hybridized carbons (Fsp3) is 0.136. The van der Waals surface area contributed by atoms with Gasteiger partial charge in [-0.1, -0.05) is 72.8 Å². The third kappa shape index (κ3) is 4.67. The van der Waals surface area contributed by atoms with Crippen molar-refractivity contribution in [1.82, 2.24) is 5.32 Å². The fourth-order valence-corrected chi connectivity index (χ4v) is 3.55. The van der Waals surface area contributed by atoms with Crippen LogP contribution in [-0.2, 0) is 16.6 Å². The normalized spacial score (nSPS) is 11.9. The second-order valence-electron chi connectivity index (χ2n) is 6.15. The third-order valence-electron chi connectivity index (χ3n) is 4.10. The number of hydrogen-bond acceptors (Lipinski definition) is 2. The van der Waals surface area contributed by atoms with Crippen molar-refractivity contribution in [2.45, 2.75) is 11.8 Å². The van der Waals surface area contributed by atoms with Crippen molar-refractivity contribution in [3.63, 3.8) is 0 Å². The Hall–Kier alpha value is -2.72. The number of rotatable bonds is 6. The molecule has 0 aromatic heterocycles. The molecule has 0 aliphatic carbocycles. The lowest BCUT2D eigenvalue weighted by Gasteiger charge is -2.20. The smallest absolute Gasteiger partial charge is 0.252 e. The molecule has 1 N–H and O–H groups in total. The summed E-state index contributed by atoms with van der Waals surface area (Å²) in [5, 5.41) is 3.13. The van der Waals surface area contributed by atoms with E-state index >= 15 is 0 Å². The predicted octanol–water partition coefficient (Wildman–Crippen LogP) is 4.08. The van der Waals surface area contributed by atoms with Gasteiger partial charge < -0.3 is 5.32 Å². The number of carbonyl (C=O) groups excluding carboxylic acids is 1. The number of carbonyl (C=O) groups is 1. The molecule has 0 aliphatic rings. The van der Waals surface area contributed by atoms with Crippen molar-refractivity contribution in [3.8, 4) is 0 Å². The van der Waals surface area contributed by atoms with Crippen molar-refractivity contribution < 1.29 is 9.00 Å². The molecular weight excluding hydrogens is 342 g/mol. The maximum absolute atomic E-state index is 12.9. The molecule has 1 amide bonds. The highest BCUT2D eigenvalue weighted by Crippen LogP contribution is 2.22. The molecule has 0 spiro atoms. The minimum Gasteiger partial charge on any atom is -0.341 e. The highest BCUT2D eigenvalue weighted by molar-refractivity contribution is 7.83. The van der Waals surface area contributed by atoms with Crippen molar-refractivity contribution in [3.05, 3.63) is 107 Å². The Bertz CT molecular complexity index is 855. The molecule has 0 aliphatic heterocycles. The lowest BCUT2D eigenvalue weighted by Crippen LogP contribution is -2.29. The quantitative estimate of drug-likeness (QED) is 0.717. The SMILES string of the molecule is CS(=O)Cc1cccc(C(=O)NC(c2ccccc2)c2ccccc2)c1. The summed E-state index contributed by atoms with van der Waals surface area (Å²) in [6.45, 7) is 0. The van der Waals surface area contributed by atoms with Crippen molar-refractivity contribution in [2.24, 2.45) is 0 Å². The van der Waals surface area contributed by atoms with Crippen LogP contribution in [0.2, 0.25) is 0 Å². The van der Waals surface area contributed by atoms with Crippen LogP contribution in [-0.4, -0.2) is 16.4 Å². The van der Waals surface area contributed by atoms with Crippen molar-refractivity contribution in [2.75, 3.05) is 6.26 Å². The van der Waals surface area contributed by atoms with Gasteiger partial charge in [-0.2, -0.15) is 0 Å². The van der Waals surface area contributed by atoms with Gasteiger partial charge in [-0.3, -0.25) is 9.00 Å². The van der Waals surface area contributed by atoms with E-state index in [9.17, 15) is 9.00 Å². The summed E-state index contributed by atoms with van der Waals surface area (Å²) in [6, 6.07) is 26.9. The highest BCUT2D eigenvalue weighted by atomic mass is 32.2. The molecule has 0 radical (unpaired) electrons. The Balaban J connectivity index is 1.88. The van der Waals surface area contributed by atoms with E-state index in [1.807, 2.05) is 78.9 Å². The molecule has 3 rings (SSSR count). The molecule has 1 atom stereocenters. The minimum absolute atomic E-state index is 0.147.